The maximum Gasteiger partial charge on any atom is 0.416 e. The third kappa shape index (κ3) is 6.38. The van der Waals surface area contributed by atoms with Crippen LogP contribution in [0.3, 0.4) is 0 Å². The summed E-state index contributed by atoms with van der Waals surface area (Å²) in [7, 11) is 0. The molecule has 0 bridgehead atoms. The van der Waals surface area contributed by atoms with E-state index in [9.17, 15) is 36.2 Å². The molecule has 2 N–H and O–H groups in total. The van der Waals surface area contributed by atoms with Gasteiger partial charge in [-0.05, 0) is 36.8 Å². The van der Waals surface area contributed by atoms with E-state index < -0.39 is 47.6 Å². The van der Waals surface area contributed by atoms with E-state index in [0.717, 1.165) is 5.56 Å². The number of aliphatic hydroxyl groups is 1. The number of halogens is 6. The van der Waals surface area contributed by atoms with Crippen LogP contribution in [0, 0.1) is 6.92 Å². The third-order valence-corrected chi connectivity index (χ3v) is 3.87. The van der Waals surface area contributed by atoms with E-state index in [0.29, 0.717) is 17.9 Å². The Morgan fingerprint density at radius 2 is 1.59 bits per heavy atom. The fourth-order valence-corrected chi connectivity index (χ4v) is 2.36. The maximum absolute atomic E-state index is 12.9. The first-order valence-electron chi connectivity index (χ1n) is 8.32. The van der Waals surface area contributed by atoms with Crippen LogP contribution in [-0.4, -0.2) is 30.3 Å². The Hall–Kier alpha value is -2.75. The molecule has 0 saturated carbocycles. The average molecular weight is 421 g/mol. The number of aliphatic hydroxyl groups excluding tert-OH is 1. The fraction of sp³-hybridized carbons (Fsp3) is 0.316. The van der Waals surface area contributed by atoms with Crippen LogP contribution >= 0.6 is 0 Å². The lowest BCUT2D eigenvalue weighted by atomic mass is 10.0. The second kappa shape index (κ2) is 8.73. The molecule has 0 fully saturated rings. The molecule has 2 aromatic carbocycles. The number of alkyl halides is 6. The highest BCUT2D eigenvalue weighted by atomic mass is 19.4. The number of hydrogen-bond acceptors (Lipinski definition) is 3. The van der Waals surface area contributed by atoms with Crippen LogP contribution < -0.4 is 10.1 Å². The average Bonchev–Trinajstić information content (AvgIpc) is 2.63. The Kier molecular flexibility index (Phi) is 6.78. The standard InChI is InChI=1S/C19H17F6NO3/c1-11-4-2-3-5-16(11)29-10-15(27)9-26-17(28)12-6-13(18(20,21)22)8-14(7-12)19(23,24)25/h2-8,15,27H,9-10H2,1H3,(H,26,28). The summed E-state index contributed by atoms with van der Waals surface area (Å²) in [4.78, 5) is 12.0. The van der Waals surface area contributed by atoms with Gasteiger partial charge in [0.1, 0.15) is 18.5 Å². The van der Waals surface area contributed by atoms with Crippen molar-refractivity contribution in [2.45, 2.75) is 25.4 Å². The molecule has 2 rings (SSSR count). The molecule has 1 atom stereocenters. The van der Waals surface area contributed by atoms with Gasteiger partial charge in [-0.1, -0.05) is 18.2 Å². The molecule has 0 aliphatic carbocycles. The number of hydrogen-bond donors (Lipinski definition) is 2. The highest BCUT2D eigenvalue weighted by Gasteiger charge is 2.37. The van der Waals surface area contributed by atoms with Crippen LogP contribution in [-0.2, 0) is 12.4 Å². The van der Waals surface area contributed by atoms with Gasteiger partial charge >= 0.3 is 12.4 Å². The first kappa shape index (κ1) is 22.5. The molecule has 0 spiro atoms. The van der Waals surface area contributed by atoms with E-state index in [4.69, 9.17) is 4.74 Å². The lowest BCUT2D eigenvalue weighted by Crippen LogP contribution is -2.35. The Labute approximate surface area is 162 Å². The quantitative estimate of drug-likeness (QED) is 0.688. The molecule has 158 valence electrons. The zero-order valence-electron chi connectivity index (χ0n) is 15.1. The highest BCUT2D eigenvalue weighted by molar-refractivity contribution is 5.94. The second-order valence-corrected chi connectivity index (χ2v) is 6.23. The number of ether oxygens (including phenoxy) is 1. The SMILES string of the molecule is Cc1ccccc1OCC(O)CNC(=O)c1cc(C(F)(F)F)cc(C(F)(F)F)c1. The van der Waals surface area contributed by atoms with Crippen molar-refractivity contribution in [1.82, 2.24) is 5.32 Å². The Bertz CT molecular complexity index is 832. The number of carbonyl (C=O) groups is 1. The topological polar surface area (TPSA) is 58.6 Å². The molecule has 1 amide bonds. The Morgan fingerprint density at radius 1 is 1.03 bits per heavy atom. The number of rotatable bonds is 6. The van der Waals surface area contributed by atoms with E-state index in [1.807, 2.05) is 0 Å². The van der Waals surface area contributed by atoms with Crippen LogP contribution in [0.1, 0.15) is 27.0 Å². The zero-order chi connectivity index (χ0) is 21.8. The van der Waals surface area contributed by atoms with Gasteiger partial charge in [0.15, 0.2) is 0 Å². The molecular weight excluding hydrogens is 404 g/mol. The van der Waals surface area contributed by atoms with Gasteiger partial charge in [0.2, 0.25) is 0 Å². The fourth-order valence-electron chi connectivity index (χ4n) is 2.36. The van der Waals surface area contributed by atoms with E-state index in [1.165, 1.54) is 0 Å². The predicted octanol–water partition coefficient (Wildman–Crippen LogP) is 4.20. The van der Waals surface area contributed by atoms with Gasteiger partial charge in [-0.2, -0.15) is 26.3 Å². The number of aryl methyl sites for hydroxylation is 1. The molecule has 0 aliphatic heterocycles. The summed E-state index contributed by atoms with van der Waals surface area (Å²) in [6.45, 7) is 1.11. The van der Waals surface area contributed by atoms with Crippen LogP contribution in [0.4, 0.5) is 26.3 Å². The van der Waals surface area contributed by atoms with Gasteiger partial charge < -0.3 is 15.2 Å². The summed E-state index contributed by atoms with van der Waals surface area (Å²) < 4.78 is 82.5. The number of benzene rings is 2. The molecular formula is C19H17F6NO3. The Morgan fingerprint density at radius 3 is 2.10 bits per heavy atom. The van der Waals surface area contributed by atoms with E-state index in [2.05, 4.69) is 5.32 Å². The van der Waals surface area contributed by atoms with Crippen molar-refractivity contribution in [1.29, 1.82) is 0 Å². The van der Waals surface area contributed by atoms with Crippen LogP contribution in [0.2, 0.25) is 0 Å². The van der Waals surface area contributed by atoms with Crippen molar-refractivity contribution < 1.29 is 41.0 Å². The monoisotopic (exact) mass is 421 g/mol. The Balaban J connectivity index is 2.05. The van der Waals surface area contributed by atoms with Crippen LogP contribution in [0.25, 0.3) is 0 Å². The maximum atomic E-state index is 12.9. The number of para-hydroxylation sites is 1. The summed E-state index contributed by atoms with van der Waals surface area (Å²) in [6, 6.07) is 7.49. The number of nitrogens with one attached hydrogen (secondary N) is 1. The largest absolute Gasteiger partial charge is 0.491 e. The predicted molar refractivity (Wildman–Crippen MR) is 91.5 cm³/mol. The molecule has 2 aromatic rings. The molecule has 0 heterocycles. The summed E-state index contributed by atoms with van der Waals surface area (Å²) in [5.74, 6) is -0.692. The molecule has 0 radical (unpaired) electrons. The van der Waals surface area contributed by atoms with Crippen molar-refractivity contribution in [2.24, 2.45) is 0 Å². The minimum atomic E-state index is -5.06. The molecule has 0 saturated heterocycles. The van der Waals surface area contributed by atoms with Crippen molar-refractivity contribution in [3.63, 3.8) is 0 Å². The van der Waals surface area contributed by atoms with Gasteiger partial charge in [-0.3, -0.25) is 4.79 Å². The minimum absolute atomic E-state index is 0.0678. The normalized spacial score (nSPS) is 13.1. The summed E-state index contributed by atoms with van der Waals surface area (Å²) >= 11 is 0. The summed E-state index contributed by atoms with van der Waals surface area (Å²) in [5.41, 5.74) is -3.21. The first-order valence-corrected chi connectivity index (χ1v) is 8.32. The lowest BCUT2D eigenvalue weighted by Gasteiger charge is -2.16. The summed E-state index contributed by atoms with van der Waals surface area (Å²) in [5, 5.41) is 12.0. The molecule has 1 unspecified atom stereocenters. The van der Waals surface area contributed by atoms with Crippen molar-refractivity contribution in [2.75, 3.05) is 13.2 Å². The van der Waals surface area contributed by atoms with Crippen LogP contribution in [0.5, 0.6) is 5.75 Å². The lowest BCUT2D eigenvalue weighted by molar-refractivity contribution is -0.143. The summed E-state index contributed by atoms with van der Waals surface area (Å²) in [6.07, 6.45) is -11.3. The van der Waals surface area contributed by atoms with E-state index in [1.54, 1.807) is 31.2 Å². The zero-order valence-corrected chi connectivity index (χ0v) is 15.1. The van der Waals surface area contributed by atoms with Crippen molar-refractivity contribution in [3.8, 4) is 5.75 Å². The number of amides is 1. The first-order chi connectivity index (χ1) is 13.4. The van der Waals surface area contributed by atoms with Crippen molar-refractivity contribution in [3.05, 3.63) is 64.7 Å². The van der Waals surface area contributed by atoms with E-state index >= 15 is 0 Å². The molecule has 0 aromatic heterocycles. The molecule has 4 nitrogen and oxygen atoms in total. The minimum Gasteiger partial charge on any atom is -0.491 e. The van der Waals surface area contributed by atoms with Gasteiger partial charge in [0.25, 0.3) is 5.91 Å². The van der Waals surface area contributed by atoms with Crippen molar-refractivity contribution >= 4 is 5.91 Å². The van der Waals surface area contributed by atoms with Gasteiger partial charge in [0, 0.05) is 12.1 Å². The highest BCUT2D eigenvalue weighted by Crippen LogP contribution is 2.36. The third-order valence-electron chi connectivity index (χ3n) is 3.87. The smallest absolute Gasteiger partial charge is 0.416 e. The van der Waals surface area contributed by atoms with Gasteiger partial charge in [0.05, 0.1) is 11.1 Å². The van der Waals surface area contributed by atoms with E-state index in [-0.39, 0.29) is 12.7 Å². The molecule has 10 heteroatoms. The molecule has 0 aliphatic rings. The molecule has 29 heavy (non-hydrogen) atoms. The van der Waals surface area contributed by atoms with Gasteiger partial charge in [-0.15, -0.1) is 0 Å². The van der Waals surface area contributed by atoms with Gasteiger partial charge in [-0.25, -0.2) is 0 Å². The number of carbonyl (C=O) groups excluding carboxylic acids is 1. The second-order valence-electron chi connectivity index (χ2n) is 6.23. The van der Waals surface area contributed by atoms with Crippen LogP contribution in [0.15, 0.2) is 42.5 Å².